The Bertz CT molecular complexity index is 2070. The van der Waals surface area contributed by atoms with Gasteiger partial charge in [-0.3, -0.25) is 14.7 Å². The third kappa shape index (κ3) is 10.0. The molecule has 7 rings (SSSR count). The standard InChI is InChI=1S/C43H52ClN5O6S/c1-30-22-38(10-12-40(30)46-26-31-15-20-54-21-16-31)56(52,53)47-43(51)39-11-9-36(24-42(39)55-37-23-33(29-50)25-45-27-37)48-18-13-32(14-19-48)28-49-17-3-2-4-41(49)34-5-7-35(44)8-6-34/h5-12,22-25,27,31-32,41,46,50H,2-4,13-21,26,28-29H2,1H3,(H,47,51). The molecule has 56 heavy (non-hydrogen) atoms. The zero-order valence-electron chi connectivity index (χ0n) is 32.0. The van der Waals surface area contributed by atoms with Gasteiger partial charge in [-0.1, -0.05) is 30.2 Å². The number of amides is 1. The van der Waals surface area contributed by atoms with Crippen LogP contribution in [0.1, 0.15) is 78.0 Å². The number of halogens is 1. The van der Waals surface area contributed by atoms with Gasteiger partial charge in [0, 0.05) is 74.1 Å². The zero-order valence-corrected chi connectivity index (χ0v) is 33.5. The van der Waals surface area contributed by atoms with Gasteiger partial charge >= 0.3 is 0 Å². The fourth-order valence-electron chi connectivity index (χ4n) is 8.13. The Morgan fingerprint density at radius 3 is 2.46 bits per heavy atom. The van der Waals surface area contributed by atoms with Crippen molar-refractivity contribution in [2.45, 2.75) is 69.4 Å². The predicted octanol–water partition coefficient (Wildman–Crippen LogP) is 7.73. The smallest absolute Gasteiger partial charge is 0.268 e. The van der Waals surface area contributed by atoms with E-state index in [4.69, 9.17) is 21.1 Å². The first-order valence-corrected chi connectivity index (χ1v) is 21.6. The number of ether oxygens (including phenoxy) is 2. The Morgan fingerprint density at radius 1 is 0.929 bits per heavy atom. The molecule has 11 nitrogen and oxygen atoms in total. The summed E-state index contributed by atoms with van der Waals surface area (Å²) >= 11 is 6.19. The summed E-state index contributed by atoms with van der Waals surface area (Å²) in [6, 6.07) is 20.4. The first-order valence-electron chi connectivity index (χ1n) is 19.8. The highest BCUT2D eigenvalue weighted by atomic mass is 35.5. The summed E-state index contributed by atoms with van der Waals surface area (Å²) in [6.07, 6.45) is 10.6. The second-order valence-electron chi connectivity index (χ2n) is 15.3. The van der Waals surface area contributed by atoms with Crippen LogP contribution in [0.5, 0.6) is 11.5 Å². The summed E-state index contributed by atoms with van der Waals surface area (Å²) in [5.41, 5.74) is 4.43. The second kappa shape index (κ2) is 18.4. The number of anilines is 2. The van der Waals surface area contributed by atoms with E-state index in [-0.39, 0.29) is 22.8 Å². The molecule has 0 bridgehead atoms. The number of hydrogen-bond donors (Lipinski definition) is 3. The van der Waals surface area contributed by atoms with E-state index in [1.54, 1.807) is 30.3 Å². The molecule has 3 N–H and O–H groups in total. The SMILES string of the molecule is Cc1cc(S(=O)(=O)NC(=O)c2ccc(N3CCC(CN4CCCCC4c4ccc(Cl)cc4)CC3)cc2Oc2cncc(CO)c2)ccc1NCC1CCOCC1. The molecule has 4 heterocycles. The third-order valence-electron chi connectivity index (χ3n) is 11.4. The van der Waals surface area contributed by atoms with Crippen LogP contribution in [0.15, 0.2) is 84.0 Å². The van der Waals surface area contributed by atoms with Gasteiger partial charge in [0.15, 0.2) is 0 Å². The van der Waals surface area contributed by atoms with E-state index in [9.17, 15) is 18.3 Å². The van der Waals surface area contributed by atoms with Gasteiger partial charge in [0.1, 0.15) is 11.5 Å². The number of aliphatic hydroxyl groups excluding tert-OH is 1. The van der Waals surface area contributed by atoms with E-state index in [0.717, 1.165) is 100 Å². The second-order valence-corrected chi connectivity index (χ2v) is 17.4. The van der Waals surface area contributed by atoms with Gasteiger partial charge in [-0.25, -0.2) is 13.1 Å². The number of piperidine rings is 2. The molecule has 0 spiro atoms. The molecule has 1 unspecified atom stereocenters. The maximum Gasteiger partial charge on any atom is 0.268 e. The number of pyridine rings is 1. The van der Waals surface area contributed by atoms with Crippen LogP contribution in [-0.4, -0.2) is 75.3 Å². The lowest BCUT2D eigenvalue weighted by molar-refractivity contribution is 0.0699. The normalized spacial score (nSPS) is 18.8. The third-order valence-corrected chi connectivity index (χ3v) is 13.0. The molecule has 3 aromatic carbocycles. The number of sulfonamides is 1. The van der Waals surface area contributed by atoms with Crippen molar-refractivity contribution in [3.8, 4) is 11.5 Å². The number of rotatable bonds is 13. The Kier molecular flexibility index (Phi) is 13.1. The van der Waals surface area contributed by atoms with E-state index >= 15 is 0 Å². The number of aliphatic hydroxyl groups is 1. The average molecular weight is 802 g/mol. The number of nitrogens with one attached hydrogen (secondary N) is 2. The molecule has 3 aliphatic rings. The molecular weight excluding hydrogens is 750 g/mol. The van der Waals surface area contributed by atoms with Crippen molar-refractivity contribution in [3.05, 3.63) is 106 Å². The monoisotopic (exact) mass is 801 g/mol. The van der Waals surface area contributed by atoms with Crippen LogP contribution in [-0.2, 0) is 21.4 Å². The summed E-state index contributed by atoms with van der Waals surface area (Å²) in [7, 11) is -4.22. The van der Waals surface area contributed by atoms with Gasteiger partial charge in [0.05, 0.1) is 23.3 Å². The molecule has 4 aromatic rings. The highest BCUT2D eigenvalue weighted by molar-refractivity contribution is 7.90. The van der Waals surface area contributed by atoms with Crippen LogP contribution in [0.2, 0.25) is 5.02 Å². The molecule has 1 atom stereocenters. The Morgan fingerprint density at radius 2 is 1.71 bits per heavy atom. The van der Waals surface area contributed by atoms with E-state index in [0.29, 0.717) is 29.2 Å². The van der Waals surface area contributed by atoms with Crippen LogP contribution >= 0.6 is 11.6 Å². The number of aromatic nitrogens is 1. The predicted molar refractivity (Wildman–Crippen MR) is 219 cm³/mol. The van der Waals surface area contributed by atoms with Crippen LogP contribution < -0.4 is 19.7 Å². The number of carbonyl (C=O) groups is 1. The molecule has 0 aliphatic carbocycles. The molecule has 298 valence electrons. The van der Waals surface area contributed by atoms with Crippen LogP contribution in [0.3, 0.4) is 0 Å². The maximum absolute atomic E-state index is 13.8. The molecular formula is C43H52ClN5O6S. The fraction of sp³-hybridized carbons (Fsp3) is 0.442. The Labute approximate surface area is 335 Å². The van der Waals surface area contributed by atoms with Gasteiger partial charge in [0.25, 0.3) is 15.9 Å². The molecule has 0 saturated carbocycles. The summed E-state index contributed by atoms with van der Waals surface area (Å²) in [5.74, 6) is 0.754. The highest BCUT2D eigenvalue weighted by Gasteiger charge is 2.29. The minimum atomic E-state index is -4.22. The molecule has 3 fully saturated rings. The van der Waals surface area contributed by atoms with Gasteiger partial charge in [0.2, 0.25) is 0 Å². The summed E-state index contributed by atoms with van der Waals surface area (Å²) in [6.45, 7) is 7.74. The molecule has 1 aromatic heterocycles. The lowest BCUT2D eigenvalue weighted by atomic mass is 9.91. The zero-order chi connectivity index (χ0) is 39.1. The number of likely N-dealkylation sites (tertiary alicyclic amines) is 1. The molecule has 3 saturated heterocycles. The first kappa shape index (κ1) is 40.0. The number of benzene rings is 3. The van der Waals surface area contributed by atoms with Gasteiger partial charge in [-0.15, -0.1) is 0 Å². The first-order chi connectivity index (χ1) is 27.1. The van der Waals surface area contributed by atoms with E-state index in [1.807, 2.05) is 25.1 Å². The number of carbonyl (C=O) groups excluding carboxylic acids is 1. The summed E-state index contributed by atoms with van der Waals surface area (Å²) < 4.78 is 41.1. The van der Waals surface area contributed by atoms with Crippen molar-refractivity contribution in [2.75, 3.05) is 56.2 Å². The minimum Gasteiger partial charge on any atom is -0.455 e. The Hall–Kier alpha value is -4.20. The highest BCUT2D eigenvalue weighted by Crippen LogP contribution is 2.36. The van der Waals surface area contributed by atoms with Crippen molar-refractivity contribution in [1.29, 1.82) is 0 Å². The van der Waals surface area contributed by atoms with Gasteiger partial charge in [-0.05, 0) is 129 Å². The van der Waals surface area contributed by atoms with E-state index in [1.165, 1.54) is 36.9 Å². The number of hydrogen-bond acceptors (Lipinski definition) is 10. The van der Waals surface area contributed by atoms with Crippen LogP contribution in [0, 0.1) is 18.8 Å². The Balaban J connectivity index is 1.04. The topological polar surface area (TPSA) is 133 Å². The largest absolute Gasteiger partial charge is 0.455 e. The van der Waals surface area contributed by atoms with Gasteiger partial charge in [-0.2, -0.15) is 0 Å². The molecule has 3 aliphatic heterocycles. The van der Waals surface area contributed by atoms with E-state index < -0.39 is 15.9 Å². The fourth-order valence-corrected chi connectivity index (χ4v) is 9.31. The van der Waals surface area contributed by atoms with Crippen LogP contribution in [0.4, 0.5) is 11.4 Å². The maximum atomic E-state index is 13.8. The molecule has 13 heteroatoms. The van der Waals surface area contributed by atoms with Crippen molar-refractivity contribution in [3.63, 3.8) is 0 Å². The van der Waals surface area contributed by atoms with Crippen molar-refractivity contribution in [1.82, 2.24) is 14.6 Å². The van der Waals surface area contributed by atoms with Crippen molar-refractivity contribution >= 4 is 38.9 Å². The lowest BCUT2D eigenvalue weighted by Crippen LogP contribution is -2.41. The van der Waals surface area contributed by atoms with Crippen molar-refractivity contribution < 1.29 is 27.8 Å². The number of nitrogens with zero attached hydrogens (tertiary/aromatic N) is 3. The quantitative estimate of drug-likeness (QED) is 0.123. The minimum absolute atomic E-state index is 0.00851. The number of aryl methyl sites for hydroxylation is 1. The van der Waals surface area contributed by atoms with E-state index in [2.05, 4.69) is 37.0 Å². The average Bonchev–Trinajstić information content (AvgIpc) is 3.21. The summed E-state index contributed by atoms with van der Waals surface area (Å²) in [4.78, 5) is 22.9. The summed E-state index contributed by atoms with van der Waals surface area (Å²) in [5, 5.41) is 13.9. The molecule has 1 amide bonds. The van der Waals surface area contributed by atoms with Gasteiger partial charge < -0.3 is 24.8 Å². The van der Waals surface area contributed by atoms with Crippen LogP contribution in [0.25, 0.3) is 0 Å². The lowest BCUT2D eigenvalue weighted by Gasteiger charge is -2.41. The van der Waals surface area contributed by atoms with Crippen molar-refractivity contribution in [2.24, 2.45) is 11.8 Å². The molecule has 0 radical (unpaired) electrons.